The number of carboxylic acid groups (broad SMARTS) is 1. The summed E-state index contributed by atoms with van der Waals surface area (Å²) >= 11 is 0. The molecule has 0 aliphatic rings. The van der Waals surface area contributed by atoms with Crippen molar-refractivity contribution in [1.82, 2.24) is 0 Å². The lowest BCUT2D eigenvalue weighted by Gasteiger charge is -2.16. The van der Waals surface area contributed by atoms with Crippen LogP contribution in [0, 0.1) is 20.8 Å². The van der Waals surface area contributed by atoms with Crippen molar-refractivity contribution in [3.05, 3.63) is 28.3 Å². The molecule has 0 fully saturated rings. The lowest BCUT2D eigenvalue weighted by atomic mass is 9.95. The Morgan fingerprint density at radius 1 is 1.29 bits per heavy atom. The van der Waals surface area contributed by atoms with Gasteiger partial charge in [-0.05, 0) is 55.5 Å². The van der Waals surface area contributed by atoms with Gasteiger partial charge in [0.05, 0.1) is 13.0 Å². The lowest BCUT2D eigenvalue weighted by molar-refractivity contribution is -0.136. The maximum Gasteiger partial charge on any atom is 0.307 e. The summed E-state index contributed by atoms with van der Waals surface area (Å²) < 4.78 is 5.66. The van der Waals surface area contributed by atoms with Gasteiger partial charge in [0.15, 0.2) is 0 Å². The molecule has 0 saturated carbocycles. The van der Waals surface area contributed by atoms with Gasteiger partial charge < -0.3 is 9.84 Å². The third kappa shape index (κ3) is 3.22. The smallest absolute Gasteiger partial charge is 0.307 e. The second kappa shape index (κ2) is 5.71. The Morgan fingerprint density at radius 3 is 2.47 bits per heavy atom. The van der Waals surface area contributed by atoms with E-state index in [1.165, 1.54) is 0 Å². The highest BCUT2D eigenvalue weighted by Gasteiger charge is 2.13. The number of carboxylic acids is 1. The van der Waals surface area contributed by atoms with E-state index in [1.807, 2.05) is 26.8 Å². The van der Waals surface area contributed by atoms with E-state index in [4.69, 9.17) is 9.84 Å². The molecule has 0 radical (unpaired) electrons. The molecule has 0 unspecified atom stereocenters. The Labute approximate surface area is 102 Å². The molecule has 1 N–H and O–H groups in total. The lowest BCUT2D eigenvalue weighted by Crippen LogP contribution is -2.07. The molecule has 17 heavy (non-hydrogen) atoms. The fraction of sp³-hybridized carbons (Fsp3) is 0.500. The van der Waals surface area contributed by atoms with Gasteiger partial charge in [-0.1, -0.05) is 6.92 Å². The number of hydrogen-bond donors (Lipinski definition) is 1. The predicted molar refractivity (Wildman–Crippen MR) is 67.8 cm³/mol. The topological polar surface area (TPSA) is 46.5 Å². The van der Waals surface area contributed by atoms with Gasteiger partial charge in [-0.3, -0.25) is 4.79 Å². The van der Waals surface area contributed by atoms with E-state index in [0.29, 0.717) is 6.61 Å². The van der Waals surface area contributed by atoms with E-state index in [0.717, 1.165) is 34.4 Å². The monoisotopic (exact) mass is 236 g/mol. The Balaban J connectivity index is 3.12. The standard InChI is InChI=1S/C14H20O3/c1-5-6-17-13-7-9(2)12(8-14(15)16)10(3)11(13)4/h7H,5-6,8H2,1-4H3,(H,15,16). The highest BCUT2D eigenvalue weighted by molar-refractivity contribution is 5.72. The summed E-state index contributed by atoms with van der Waals surface area (Å²) in [6.07, 6.45) is 1.04. The van der Waals surface area contributed by atoms with Gasteiger partial charge in [-0.25, -0.2) is 0 Å². The zero-order valence-electron chi connectivity index (χ0n) is 11.0. The Morgan fingerprint density at radius 2 is 1.94 bits per heavy atom. The van der Waals surface area contributed by atoms with Gasteiger partial charge in [0.2, 0.25) is 0 Å². The van der Waals surface area contributed by atoms with Crippen LogP contribution < -0.4 is 4.74 Å². The van der Waals surface area contributed by atoms with Gasteiger partial charge in [0.1, 0.15) is 5.75 Å². The minimum Gasteiger partial charge on any atom is -0.493 e. The van der Waals surface area contributed by atoms with Crippen LogP contribution in [0.1, 0.15) is 35.6 Å². The summed E-state index contributed by atoms with van der Waals surface area (Å²) in [5.41, 5.74) is 3.96. The molecule has 0 saturated heterocycles. The second-order valence-corrected chi connectivity index (χ2v) is 4.34. The number of ether oxygens (including phenoxy) is 1. The Bertz CT molecular complexity index is 422. The Kier molecular flexibility index (Phi) is 4.55. The molecule has 1 rings (SSSR count). The van der Waals surface area contributed by atoms with E-state index < -0.39 is 5.97 Å². The molecular formula is C14H20O3. The predicted octanol–water partition coefficient (Wildman–Crippen LogP) is 3.03. The summed E-state index contributed by atoms with van der Waals surface area (Å²) in [6, 6.07) is 1.94. The number of rotatable bonds is 5. The largest absolute Gasteiger partial charge is 0.493 e. The Hall–Kier alpha value is -1.51. The van der Waals surface area contributed by atoms with Crippen molar-refractivity contribution in [2.24, 2.45) is 0 Å². The maximum atomic E-state index is 10.8. The average Bonchev–Trinajstić information content (AvgIpc) is 2.27. The van der Waals surface area contributed by atoms with Gasteiger partial charge >= 0.3 is 5.97 Å². The van der Waals surface area contributed by atoms with Crippen molar-refractivity contribution >= 4 is 5.97 Å². The number of aryl methyl sites for hydroxylation is 1. The highest BCUT2D eigenvalue weighted by Crippen LogP contribution is 2.28. The van der Waals surface area contributed by atoms with Crippen molar-refractivity contribution in [3.8, 4) is 5.75 Å². The normalized spacial score (nSPS) is 10.4. The molecule has 1 aromatic carbocycles. The molecule has 0 aromatic heterocycles. The van der Waals surface area contributed by atoms with Crippen LogP contribution in [0.3, 0.4) is 0 Å². The first kappa shape index (κ1) is 13.6. The van der Waals surface area contributed by atoms with Crippen molar-refractivity contribution < 1.29 is 14.6 Å². The molecule has 94 valence electrons. The van der Waals surface area contributed by atoms with Crippen molar-refractivity contribution in [2.45, 2.75) is 40.5 Å². The summed E-state index contributed by atoms with van der Waals surface area (Å²) in [4.78, 5) is 10.8. The minimum absolute atomic E-state index is 0.0760. The van der Waals surface area contributed by atoms with Crippen LogP contribution in [0.15, 0.2) is 6.07 Å². The van der Waals surface area contributed by atoms with E-state index in [2.05, 4.69) is 6.92 Å². The number of hydrogen-bond acceptors (Lipinski definition) is 2. The summed E-state index contributed by atoms with van der Waals surface area (Å²) in [5.74, 6) is 0.0776. The van der Waals surface area contributed by atoms with Gasteiger partial charge in [-0.15, -0.1) is 0 Å². The van der Waals surface area contributed by atoms with Crippen molar-refractivity contribution in [1.29, 1.82) is 0 Å². The number of carbonyl (C=O) groups is 1. The van der Waals surface area contributed by atoms with Crippen LogP contribution in [0.25, 0.3) is 0 Å². The third-order valence-corrected chi connectivity index (χ3v) is 3.00. The zero-order valence-corrected chi connectivity index (χ0v) is 11.0. The van der Waals surface area contributed by atoms with Gasteiger partial charge in [0.25, 0.3) is 0 Å². The molecule has 3 nitrogen and oxygen atoms in total. The summed E-state index contributed by atoms with van der Waals surface area (Å²) in [6.45, 7) is 8.62. The van der Waals surface area contributed by atoms with E-state index in [1.54, 1.807) is 0 Å². The van der Waals surface area contributed by atoms with Gasteiger partial charge in [-0.2, -0.15) is 0 Å². The van der Waals surface area contributed by atoms with E-state index in [9.17, 15) is 4.79 Å². The van der Waals surface area contributed by atoms with E-state index >= 15 is 0 Å². The van der Waals surface area contributed by atoms with Crippen LogP contribution in [-0.4, -0.2) is 17.7 Å². The van der Waals surface area contributed by atoms with Crippen LogP contribution in [0.5, 0.6) is 5.75 Å². The molecule has 0 atom stereocenters. The maximum absolute atomic E-state index is 10.8. The molecule has 3 heteroatoms. The number of benzene rings is 1. The first-order chi connectivity index (χ1) is 7.97. The fourth-order valence-electron chi connectivity index (χ4n) is 1.88. The van der Waals surface area contributed by atoms with E-state index in [-0.39, 0.29) is 6.42 Å². The van der Waals surface area contributed by atoms with Crippen LogP contribution in [0.2, 0.25) is 0 Å². The van der Waals surface area contributed by atoms with Crippen molar-refractivity contribution in [2.75, 3.05) is 6.61 Å². The second-order valence-electron chi connectivity index (χ2n) is 4.34. The SMILES string of the molecule is CCCOc1cc(C)c(CC(=O)O)c(C)c1C. The van der Waals surface area contributed by atoms with Crippen LogP contribution >= 0.6 is 0 Å². The molecule has 0 amide bonds. The molecule has 0 spiro atoms. The average molecular weight is 236 g/mol. The molecular weight excluding hydrogens is 216 g/mol. The molecule has 1 aromatic rings. The molecule has 0 aliphatic heterocycles. The molecule has 0 heterocycles. The number of aliphatic carboxylic acids is 1. The van der Waals surface area contributed by atoms with Crippen LogP contribution in [-0.2, 0) is 11.2 Å². The first-order valence-corrected chi connectivity index (χ1v) is 5.91. The zero-order chi connectivity index (χ0) is 13.0. The summed E-state index contributed by atoms with van der Waals surface area (Å²) in [5, 5.41) is 8.89. The molecule has 0 bridgehead atoms. The highest BCUT2D eigenvalue weighted by atomic mass is 16.5. The minimum atomic E-state index is -0.794. The fourth-order valence-corrected chi connectivity index (χ4v) is 1.88. The van der Waals surface area contributed by atoms with Crippen molar-refractivity contribution in [3.63, 3.8) is 0 Å². The molecule has 0 aliphatic carbocycles. The summed E-state index contributed by atoms with van der Waals surface area (Å²) in [7, 11) is 0. The quantitative estimate of drug-likeness (QED) is 0.854. The first-order valence-electron chi connectivity index (χ1n) is 5.91. The van der Waals surface area contributed by atoms with Crippen LogP contribution in [0.4, 0.5) is 0 Å². The van der Waals surface area contributed by atoms with Gasteiger partial charge in [0, 0.05) is 0 Å². The third-order valence-electron chi connectivity index (χ3n) is 3.00.